The largest absolute Gasteiger partial charge is 0.480 e. The molecule has 8 nitrogen and oxygen atoms in total. The van der Waals surface area contributed by atoms with Gasteiger partial charge >= 0.3 is 5.97 Å². The highest BCUT2D eigenvalue weighted by molar-refractivity contribution is 5.86. The first-order valence-corrected chi connectivity index (χ1v) is 6.34. The van der Waals surface area contributed by atoms with Gasteiger partial charge in [0.2, 0.25) is 0 Å². The second-order valence-electron chi connectivity index (χ2n) is 5.05. The molecule has 0 aliphatic heterocycles. The number of aliphatic carboxylic acids is 1. The van der Waals surface area contributed by atoms with Gasteiger partial charge in [-0.1, -0.05) is 13.8 Å². The Morgan fingerprint density at radius 2 is 1.70 bits per heavy atom. The van der Waals surface area contributed by atoms with Gasteiger partial charge in [0.1, 0.15) is 24.4 Å². The van der Waals surface area contributed by atoms with E-state index in [1.54, 1.807) is 0 Å². The maximum atomic E-state index is 11.6. The third-order valence-electron chi connectivity index (χ3n) is 2.76. The Morgan fingerprint density at radius 3 is 2.10 bits per heavy atom. The van der Waals surface area contributed by atoms with Gasteiger partial charge in [-0.25, -0.2) is 0 Å². The van der Waals surface area contributed by atoms with Crippen LogP contribution < -0.4 is 5.32 Å². The molecular weight excluding hydrogens is 270 g/mol. The monoisotopic (exact) mass is 293 g/mol. The molecule has 0 saturated heterocycles. The minimum Gasteiger partial charge on any atom is -0.480 e. The summed E-state index contributed by atoms with van der Waals surface area (Å²) < 4.78 is 0. The Morgan fingerprint density at radius 1 is 1.15 bits per heavy atom. The molecule has 0 aromatic heterocycles. The van der Waals surface area contributed by atoms with Crippen LogP contribution in [0.25, 0.3) is 0 Å². The van der Waals surface area contributed by atoms with Crippen LogP contribution in [0.3, 0.4) is 0 Å². The predicted molar refractivity (Wildman–Crippen MR) is 69.0 cm³/mol. The molecule has 118 valence electrons. The normalized spacial score (nSPS) is 17.6. The van der Waals surface area contributed by atoms with Crippen LogP contribution in [0.1, 0.15) is 20.3 Å². The molecule has 0 spiro atoms. The van der Waals surface area contributed by atoms with E-state index in [-0.39, 0.29) is 5.92 Å². The van der Waals surface area contributed by atoms with Crippen LogP contribution >= 0.6 is 0 Å². The minimum atomic E-state index is -1.89. The molecule has 0 unspecified atom stereocenters. The van der Waals surface area contributed by atoms with E-state index in [1.807, 2.05) is 13.8 Å². The van der Waals surface area contributed by atoms with Crippen molar-refractivity contribution in [3.8, 4) is 0 Å². The van der Waals surface area contributed by atoms with Crippen LogP contribution in [-0.4, -0.2) is 74.8 Å². The molecule has 4 atom stereocenters. The number of hydrogen-bond acceptors (Lipinski definition) is 7. The number of Topliss-reactive ketones (excluding diaryl/α,β-unsaturated/α-hetero) is 1. The van der Waals surface area contributed by atoms with Crippen LogP contribution in [0.2, 0.25) is 0 Å². The zero-order valence-electron chi connectivity index (χ0n) is 11.6. The first-order chi connectivity index (χ1) is 9.20. The summed E-state index contributed by atoms with van der Waals surface area (Å²) in [5.41, 5.74) is 0. The lowest BCUT2D eigenvalue weighted by atomic mass is 10.0. The summed E-state index contributed by atoms with van der Waals surface area (Å²) in [6.07, 6.45) is -5.04. The van der Waals surface area contributed by atoms with Crippen molar-refractivity contribution < 1.29 is 35.1 Å². The zero-order chi connectivity index (χ0) is 15.9. The number of carboxylic acids is 1. The lowest BCUT2D eigenvalue weighted by Gasteiger charge is -2.22. The van der Waals surface area contributed by atoms with Crippen molar-refractivity contribution in [2.75, 3.05) is 13.2 Å². The van der Waals surface area contributed by atoms with E-state index in [9.17, 15) is 19.8 Å². The highest BCUT2D eigenvalue weighted by Crippen LogP contribution is 2.06. The highest BCUT2D eigenvalue weighted by Gasteiger charge is 2.30. The molecule has 0 rings (SSSR count). The third-order valence-corrected chi connectivity index (χ3v) is 2.76. The second kappa shape index (κ2) is 8.98. The summed E-state index contributed by atoms with van der Waals surface area (Å²) >= 11 is 0. The van der Waals surface area contributed by atoms with Gasteiger partial charge in [-0.15, -0.1) is 0 Å². The molecule has 0 radical (unpaired) electrons. The van der Waals surface area contributed by atoms with E-state index >= 15 is 0 Å². The van der Waals surface area contributed by atoms with Gasteiger partial charge in [0.25, 0.3) is 0 Å². The van der Waals surface area contributed by atoms with E-state index in [1.165, 1.54) is 0 Å². The molecule has 0 aliphatic carbocycles. The van der Waals surface area contributed by atoms with Crippen molar-refractivity contribution in [2.45, 2.75) is 44.6 Å². The van der Waals surface area contributed by atoms with Crippen LogP contribution in [0.5, 0.6) is 0 Å². The number of carbonyl (C=O) groups excluding carboxylic acids is 1. The Balaban J connectivity index is 4.41. The van der Waals surface area contributed by atoms with Crippen LogP contribution in [0.15, 0.2) is 0 Å². The zero-order valence-corrected chi connectivity index (χ0v) is 11.6. The second-order valence-corrected chi connectivity index (χ2v) is 5.05. The van der Waals surface area contributed by atoms with Crippen molar-refractivity contribution in [1.29, 1.82) is 0 Å². The fourth-order valence-corrected chi connectivity index (χ4v) is 1.58. The Labute approximate surface area is 117 Å². The molecule has 0 aromatic rings. The van der Waals surface area contributed by atoms with Crippen molar-refractivity contribution in [3.63, 3.8) is 0 Å². The summed E-state index contributed by atoms with van der Waals surface area (Å²) in [5.74, 6) is -1.87. The Kier molecular flexibility index (Phi) is 8.51. The molecule has 20 heavy (non-hydrogen) atoms. The maximum Gasteiger partial charge on any atom is 0.320 e. The smallest absolute Gasteiger partial charge is 0.320 e. The van der Waals surface area contributed by atoms with Gasteiger partial charge in [-0.05, 0) is 12.3 Å². The summed E-state index contributed by atoms with van der Waals surface area (Å²) in [6, 6.07) is -0.939. The first kappa shape index (κ1) is 18.9. The molecule has 6 N–H and O–H groups in total. The van der Waals surface area contributed by atoms with Crippen molar-refractivity contribution in [1.82, 2.24) is 5.32 Å². The molecule has 0 bridgehead atoms. The van der Waals surface area contributed by atoms with Crippen molar-refractivity contribution in [2.24, 2.45) is 5.92 Å². The van der Waals surface area contributed by atoms with E-state index in [0.29, 0.717) is 6.42 Å². The van der Waals surface area contributed by atoms with Crippen molar-refractivity contribution >= 4 is 11.8 Å². The van der Waals surface area contributed by atoms with Gasteiger partial charge in [0.05, 0.1) is 13.2 Å². The quantitative estimate of drug-likeness (QED) is 0.264. The number of ketones is 1. The highest BCUT2D eigenvalue weighted by atomic mass is 16.4. The molecule has 8 heteroatoms. The molecule has 0 aromatic carbocycles. The van der Waals surface area contributed by atoms with Gasteiger partial charge in [0, 0.05) is 0 Å². The SMILES string of the molecule is CC(C)C[C@H](NCC(=O)[C@@H](O)[C@@H](O)[C@H](O)CO)C(=O)O. The lowest BCUT2D eigenvalue weighted by Crippen LogP contribution is -2.49. The fraction of sp³-hybridized carbons (Fsp3) is 0.833. The topological polar surface area (TPSA) is 147 Å². The van der Waals surface area contributed by atoms with Crippen molar-refractivity contribution in [3.05, 3.63) is 0 Å². The van der Waals surface area contributed by atoms with E-state index < -0.39 is 49.3 Å². The van der Waals surface area contributed by atoms with Gasteiger partial charge < -0.3 is 25.5 Å². The standard InChI is InChI=1S/C12H23NO7/c1-6(2)3-7(12(19)20)13-4-8(15)10(17)11(18)9(16)5-14/h6-7,9-11,13-14,16-18H,3-5H2,1-2H3,(H,19,20)/t7-,9+,10+,11-/m0/s1. The number of carboxylic acid groups (broad SMARTS) is 1. The molecule has 0 amide bonds. The van der Waals surface area contributed by atoms with E-state index in [0.717, 1.165) is 0 Å². The van der Waals surface area contributed by atoms with E-state index in [4.69, 9.17) is 15.3 Å². The van der Waals surface area contributed by atoms with Gasteiger partial charge in [-0.2, -0.15) is 0 Å². The van der Waals surface area contributed by atoms with Crippen LogP contribution in [0.4, 0.5) is 0 Å². The molecule has 0 aliphatic rings. The van der Waals surface area contributed by atoms with Gasteiger partial charge in [0.15, 0.2) is 5.78 Å². The first-order valence-electron chi connectivity index (χ1n) is 6.34. The molecule has 0 saturated carbocycles. The van der Waals surface area contributed by atoms with Crippen LogP contribution in [0, 0.1) is 5.92 Å². The fourth-order valence-electron chi connectivity index (χ4n) is 1.58. The Hall–Kier alpha value is -1.06. The van der Waals surface area contributed by atoms with Crippen LogP contribution in [-0.2, 0) is 9.59 Å². The average molecular weight is 293 g/mol. The maximum absolute atomic E-state index is 11.6. The van der Waals surface area contributed by atoms with E-state index in [2.05, 4.69) is 5.32 Å². The Bertz CT molecular complexity index is 321. The lowest BCUT2D eigenvalue weighted by molar-refractivity contribution is -0.141. The number of aliphatic hydroxyl groups is 4. The number of aliphatic hydroxyl groups excluding tert-OH is 4. The molecular formula is C12H23NO7. The summed E-state index contributed by atoms with van der Waals surface area (Å²) in [4.78, 5) is 22.5. The predicted octanol–water partition coefficient (Wildman–Crippen LogP) is -2.28. The van der Waals surface area contributed by atoms with Gasteiger partial charge in [-0.3, -0.25) is 14.9 Å². The molecule has 0 fully saturated rings. The number of rotatable bonds is 10. The summed E-state index contributed by atoms with van der Waals surface area (Å²) in [6.45, 7) is 2.40. The summed E-state index contributed by atoms with van der Waals surface area (Å²) in [7, 11) is 0. The number of carbonyl (C=O) groups is 2. The number of hydrogen-bond donors (Lipinski definition) is 6. The average Bonchev–Trinajstić information content (AvgIpc) is 2.39. The minimum absolute atomic E-state index is 0.102. The molecule has 0 heterocycles. The third kappa shape index (κ3) is 6.40. The number of nitrogens with one attached hydrogen (secondary N) is 1. The summed E-state index contributed by atoms with van der Waals surface area (Å²) in [5, 5.41) is 47.9.